The minimum atomic E-state index is 0.546. The zero-order valence-electron chi connectivity index (χ0n) is 11.1. The van der Waals surface area contributed by atoms with Gasteiger partial charge in [0.05, 0.1) is 6.61 Å². The Morgan fingerprint density at radius 3 is 2.72 bits per heavy atom. The summed E-state index contributed by atoms with van der Waals surface area (Å²) in [4.78, 5) is 0. The second-order valence-corrected chi connectivity index (χ2v) is 4.50. The summed E-state index contributed by atoms with van der Waals surface area (Å²) in [7, 11) is 1.69. The Balaban J connectivity index is 2.42. The third-order valence-corrected chi connectivity index (χ3v) is 3.22. The molecule has 0 amide bonds. The molecule has 0 fully saturated rings. The number of hydrogen-bond donors (Lipinski definition) is 2. The monoisotopic (exact) mass is 245 g/mol. The largest absolute Gasteiger partial charge is 0.384 e. The number of nitrogens with zero attached hydrogens (tertiary/aromatic N) is 1. The minimum absolute atomic E-state index is 0.546. The number of nitrogen functional groups attached to an aromatic ring is 1. The third-order valence-electron chi connectivity index (χ3n) is 3.22. The van der Waals surface area contributed by atoms with Crippen molar-refractivity contribution in [1.29, 1.82) is 0 Å². The van der Waals surface area contributed by atoms with Crippen LogP contribution in [0.2, 0.25) is 0 Å². The highest BCUT2D eigenvalue weighted by atomic mass is 16.5. The molecule has 1 heterocycles. The summed E-state index contributed by atoms with van der Waals surface area (Å²) >= 11 is 0. The number of benzene rings is 1. The maximum Gasteiger partial charge on any atom is 0.153 e. The van der Waals surface area contributed by atoms with Crippen LogP contribution in [0.4, 0.5) is 5.82 Å². The van der Waals surface area contributed by atoms with Gasteiger partial charge >= 0.3 is 0 Å². The first-order valence-electron chi connectivity index (χ1n) is 6.02. The van der Waals surface area contributed by atoms with Crippen molar-refractivity contribution in [1.82, 2.24) is 10.2 Å². The topological polar surface area (TPSA) is 63.9 Å². The van der Waals surface area contributed by atoms with Gasteiger partial charge in [0.25, 0.3) is 0 Å². The van der Waals surface area contributed by atoms with E-state index < -0.39 is 0 Å². The number of aryl methyl sites for hydroxylation is 2. The molecule has 18 heavy (non-hydrogen) atoms. The van der Waals surface area contributed by atoms with E-state index in [4.69, 9.17) is 10.5 Å². The first kappa shape index (κ1) is 12.6. The van der Waals surface area contributed by atoms with Gasteiger partial charge in [-0.2, -0.15) is 5.10 Å². The van der Waals surface area contributed by atoms with Crippen molar-refractivity contribution >= 4 is 5.82 Å². The van der Waals surface area contributed by atoms with E-state index >= 15 is 0 Å². The summed E-state index contributed by atoms with van der Waals surface area (Å²) in [6.45, 7) is 4.85. The van der Waals surface area contributed by atoms with Crippen LogP contribution in [-0.2, 0) is 11.2 Å². The van der Waals surface area contributed by atoms with Gasteiger partial charge in [-0.3, -0.25) is 5.10 Å². The van der Waals surface area contributed by atoms with Crippen LogP contribution in [0, 0.1) is 13.8 Å². The number of aromatic nitrogens is 2. The second kappa shape index (κ2) is 5.23. The molecule has 0 aliphatic carbocycles. The summed E-state index contributed by atoms with van der Waals surface area (Å²) in [6, 6.07) is 6.34. The van der Waals surface area contributed by atoms with Crippen LogP contribution in [0.25, 0.3) is 11.1 Å². The maximum atomic E-state index is 5.95. The van der Waals surface area contributed by atoms with E-state index in [2.05, 4.69) is 42.2 Å². The first-order chi connectivity index (χ1) is 8.63. The molecule has 0 aliphatic rings. The van der Waals surface area contributed by atoms with Gasteiger partial charge in [-0.05, 0) is 30.5 Å². The Kier molecular flexibility index (Phi) is 3.67. The summed E-state index contributed by atoms with van der Waals surface area (Å²) in [5.41, 5.74) is 11.6. The molecule has 4 nitrogen and oxygen atoms in total. The number of methoxy groups -OCH3 is 1. The normalized spacial score (nSPS) is 10.8. The first-order valence-corrected chi connectivity index (χ1v) is 6.02. The predicted octanol–water partition coefficient (Wildman–Crippen LogP) is 2.46. The van der Waals surface area contributed by atoms with Crippen molar-refractivity contribution in [2.45, 2.75) is 20.3 Å². The van der Waals surface area contributed by atoms with Gasteiger partial charge in [0.1, 0.15) is 0 Å². The summed E-state index contributed by atoms with van der Waals surface area (Å²) in [5.74, 6) is 0.546. The summed E-state index contributed by atoms with van der Waals surface area (Å²) in [6.07, 6.45) is 0.781. The van der Waals surface area contributed by atoms with Gasteiger partial charge in [-0.15, -0.1) is 0 Å². The Morgan fingerprint density at radius 1 is 1.28 bits per heavy atom. The summed E-state index contributed by atoms with van der Waals surface area (Å²) in [5, 5.41) is 7.08. The number of nitrogens with one attached hydrogen (secondary N) is 1. The molecule has 2 aromatic rings. The molecule has 0 spiro atoms. The van der Waals surface area contributed by atoms with Crippen molar-refractivity contribution in [2.24, 2.45) is 0 Å². The SMILES string of the molecule is COCCc1[nH]nc(N)c1-c1ccc(C)c(C)c1. The fourth-order valence-corrected chi connectivity index (χ4v) is 2.00. The molecule has 1 aromatic heterocycles. The van der Waals surface area contributed by atoms with E-state index in [1.807, 2.05) is 0 Å². The summed E-state index contributed by atoms with van der Waals surface area (Å²) < 4.78 is 5.10. The Hall–Kier alpha value is -1.81. The molecule has 2 rings (SSSR count). The van der Waals surface area contributed by atoms with Crippen LogP contribution in [0.5, 0.6) is 0 Å². The molecule has 0 saturated heterocycles. The fourth-order valence-electron chi connectivity index (χ4n) is 2.00. The third kappa shape index (κ3) is 2.38. The highest BCUT2D eigenvalue weighted by molar-refractivity contribution is 5.76. The molecule has 0 radical (unpaired) electrons. The number of rotatable bonds is 4. The van der Waals surface area contributed by atoms with Crippen LogP contribution in [-0.4, -0.2) is 23.9 Å². The van der Waals surface area contributed by atoms with Crippen LogP contribution < -0.4 is 5.73 Å². The van der Waals surface area contributed by atoms with E-state index in [0.717, 1.165) is 23.2 Å². The molecule has 3 N–H and O–H groups in total. The van der Waals surface area contributed by atoms with E-state index in [0.29, 0.717) is 12.4 Å². The Morgan fingerprint density at radius 2 is 2.06 bits per heavy atom. The lowest BCUT2D eigenvalue weighted by molar-refractivity contribution is 0.201. The fraction of sp³-hybridized carbons (Fsp3) is 0.357. The van der Waals surface area contributed by atoms with Crippen LogP contribution in [0.15, 0.2) is 18.2 Å². The molecule has 1 aromatic carbocycles. The minimum Gasteiger partial charge on any atom is -0.384 e. The molecule has 96 valence electrons. The van der Waals surface area contributed by atoms with Gasteiger partial charge in [0.2, 0.25) is 0 Å². The van der Waals surface area contributed by atoms with Gasteiger partial charge < -0.3 is 10.5 Å². The van der Waals surface area contributed by atoms with Crippen molar-refractivity contribution in [2.75, 3.05) is 19.5 Å². The smallest absolute Gasteiger partial charge is 0.153 e. The van der Waals surface area contributed by atoms with E-state index in [-0.39, 0.29) is 0 Å². The van der Waals surface area contributed by atoms with Crippen LogP contribution >= 0.6 is 0 Å². The number of nitrogens with two attached hydrogens (primary N) is 1. The average molecular weight is 245 g/mol. The zero-order valence-corrected chi connectivity index (χ0v) is 11.1. The van der Waals surface area contributed by atoms with Crippen molar-refractivity contribution in [3.8, 4) is 11.1 Å². The zero-order chi connectivity index (χ0) is 13.1. The van der Waals surface area contributed by atoms with Gasteiger partial charge in [-0.1, -0.05) is 18.2 Å². The molecule has 0 unspecified atom stereocenters. The quantitative estimate of drug-likeness (QED) is 0.869. The molecule has 0 aliphatic heterocycles. The van der Waals surface area contributed by atoms with Gasteiger partial charge in [0, 0.05) is 24.8 Å². The van der Waals surface area contributed by atoms with E-state index in [1.54, 1.807) is 7.11 Å². The van der Waals surface area contributed by atoms with Crippen LogP contribution in [0.1, 0.15) is 16.8 Å². The molecule has 0 bridgehead atoms. The lowest BCUT2D eigenvalue weighted by Crippen LogP contribution is -1.97. The standard InChI is InChI=1S/C14H19N3O/c1-9-4-5-11(8-10(9)2)13-12(6-7-18-3)16-17-14(13)15/h4-5,8H,6-7H2,1-3H3,(H3,15,16,17). The van der Waals surface area contributed by atoms with Crippen LogP contribution in [0.3, 0.4) is 0 Å². The molecule has 0 atom stereocenters. The lowest BCUT2D eigenvalue weighted by Gasteiger charge is -2.07. The molecular formula is C14H19N3O. The maximum absolute atomic E-state index is 5.95. The number of aromatic amines is 1. The lowest BCUT2D eigenvalue weighted by atomic mass is 9.99. The van der Waals surface area contributed by atoms with Crippen molar-refractivity contribution in [3.05, 3.63) is 35.0 Å². The number of anilines is 1. The average Bonchev–Trinajstić information content (AvgIpc) is 2.71. The Labute approximate surface area is 107 Å². The van der Waals surface area contributed by atoms with Gasteiger partial charge in [0.15, 0.2) is 5.82 Å². The Bertz CT molecular complexity index is 546. The molecular weight excluding hydrogens is 226 g/mol. The second-order valence-electron chi connectivity index (χ2n) is 4.50. The number of ether oxygens (including phenoxy) is 1. The molecule has 4 heteroatoms. The highest BCUT2D eigenvalue weighted by Crippen LogP contribution is 2.29. The highest BCUT2D eigenvalue weighted by Gasteiger charge is 2.13. The van der Waals surface area contributed by atoms with E-state index in [9.17, 15) is 0 Å². The van der Waals surface area contributed by atoms with Crippen molar-refractivity contribution < 1.29 is 4.74 Å². The van der Waals surface area contributed by atoms with E-state index in [1.165, 1.54) is 11.1 Å². The number of hydrogen-bond acceptors (Lipinski definition) is 3. The predicted molar refractivity (Wildman–Crippen MR) is 73.5 cm³/mol. The number of H-pyrrole nitrogens is 1. The van der Waals surface area contributed by atoms with Gasteiger partial charge in [-0.25, -0.2) is 0 Å². The van der Waals surface area contributed by atoms with Crippen molar-refractivity contribution in [3.63, 3.8) is 0 Å². The molecule has 0 saturated carbocycles.